The van der Waals surface area contributed by atoms with Crippen molar-refractivity contribution in [2.24, 2.45) is 0 Å². The van der Waals surface area contributed by atoms with Gasteiger partial charge in [0, 0.05) is 39.3 Å². The summed E-state index contributed by atoms with van der Waals surface area (Å²) in [7, 11) is 3.23. The summed E-state index contributed by atoms with van der Waals surface area (Å²) in [5, 5.41) is 16.5. The molecular formula is C25H21N3O4S. The van der Waals surface area contributed by atoms with Gasteiger partial charge in [-0.2, -0.15) is 0 Å². The quantitative estimate of drug-likeness (QED) is 0.368. The first kappa shape index (κ1) is 20.8. The number of hydrogen-bond donors (Lipinski definition) is 2. The van der Waals surface area contributed by atoms with Gasteiger partial charge in [0.1, 0.15) is 17.2 Å². The van der Waals surface area contributed by atoms with E-state index in [0.717, 1.165) is 27.3 Å². The number of thiazole rings is 1. The van der Waals surface area contributed by atoms with E-state index >= 15 is 0 Å². The molecule has 2 heterocycles. The van der Waals surface area contributed by atoms with Crippen molar-refractivity contribution in [3.05, 3.63) is 71.9 Å². The summed E-state index contributed by atoms with van der Waals surface area (Å²) in [6.45, 7) is 0. The summed E-state index contributed by atoms with van der Waals surface area (Å²) in [4.78, 5) is 18.4. The Kier molecular flexibility index (Phi) is 5.35. The van der Waals surface area contributed by atoms with Gasteiger partial charge in [-0.15, -0.1) is 11.3 Å². The van der Waals surface area contributed by atoms with Crippen LogP contribution in [0.3, 0.4) is 0 Å². The zero-order chi connectivity index (χ0) is 22.9. The van der Waals surface area contributed by atoms with E-state index in [0.29, 0.717) is 22.6 Å². The number of methoxy groups -OCH3 is 2. The smallest absolute Gasteiger partial charge is 0.230 e. The Morgan fingerprint density at radius 2 is 1.91 bits per heavy atom. The number of carbonyl (C=O) groups is 1. The summed E-state index contributed by atoms with van der Waals surface area (Å²) in [5.41, 5.74) is 3.05. The van der Waals surface area contributed by atoms with E-state index in [1.54, 1.807) is 26.4 Å². The molecule has 2 N–H and O–H groups in total. The van der Waals surface area contributed by atoms with E-state index in [9.17, 15) is 9.90 Å². The maximum atomic E-state index is 12.9. The average Bonchev–Trinajstić information content (AvgIpc) is 3.41. The monoisotopic (exact) mass is 459 g/mol. The Bertz CT molecular complexity index is 1490. The minimum absolute atomic E-state index is 0.153. The summed E-state index contributed by atoms with van der Waals surface area (Å²) in [6, 6.07) is 16.3. The molecule has 8 heteroatoms. The number of aromatic nitrogens is 2. The van der Waals surface area contributed by atoms with Crippen molar-refractivity contribution < 1.29 is 19.4 Å². The summed E-state index contributed by atoms with van der Waals surface area (Å²) >= 11 is 1.47. The van der Waals surface area contributed by atoms with Crippen LogP contribution in [0.5, 0.6) is 17.2 Å². The third-order valence-corrected chi connectivity index (χ3v) is 6.37. The van der Waals surface area contributed by atoms with Crippen LogP contribution >= 0.6 is 11.3 Å². The number of ether oxygens (including phenoxy) is 2. The number of anilines is 1. The minimum Gasteiger partial charge on any atom is -0.507 e. The second kappa shape index (κ2) is 8.48. The van der Waals surface area contributed by atoms with Gasteiger partial charge in [0.2, 0.25) is 5.91 Å². The van der Waals surface area contributed by atoms with Crippen LogP contribution in [0.4, 0.5) is 5.69 Å². The molecule has 7 nitrogen and oxygen atoms in total. The van der Waals surface area contributed by atoms with E-state index in [4.69, 9.17) is 14.5 Å². The zero-order valence-corrected chi connectivity index (χ0v) is 18.8. The maximum Gasteiger partial charge on any atom is 0.230 e. The number of amides is 1. The van der Waals surface area contributed by atoms with Gasteiger partial charge in [-0.05, 0) is 30.3 Å². The summed E-state index contributed by atoms with van der Waals surface area (Å²) in [6.07, 6.45) is 2.09. The van der Waals surface area contributed by atoms with Crippen molar-refractivity contribution in [1.29, 1.82) is 0 Å². The molecule has 0 aliphatic rings. The van der Waals surface area contributed by atoms with E-state index in [2.05, 4.69) is 5.32 Å². The Labute approximate surface area is 193 Å². The van der Waals surface area contributed by atoms with Crippen LogP contribution in [-0.4, -0.2) is 34.6 Å². The van der Waals surface area contributed by atoms with Crippen LogP contribution in [0, 0.1) is 0 Å². The number of hydrogen-bond acceptors (Lipinski definition) is 6. The lowest BCUT2D eigenvalue weighted by Crippen LogP contribution is -2.15. The molecule has 0 spiro atoms. The van der Waals surface area contributed by atoms with Crippen molar-refractivity contribution in [3.8, 4) is 28.5 Å². The molecule has 33 heavy (non-hydrogen) atoms. The molecule has 0 bridgehead atoms. The molecule has 0 saturated carbocycles. The maximum absolute atomic E-state index is 12.9. The molecule has 0 saturated heterocycles. The Hall–Kier alpha value is -4.04. The van der Waals surface area contributed by atoms with Gasteiger partial charge in [0.05, 0.1) is 26.3 Å². The van der Waals surface area contributed by atoms with E-state index < -0.39 is 0 Å². The normalized spacial score (nSPS) is 11.1. The van der Waals surface area contributed by atoms with E-state index in [-0.39, 0.29) is 18.1 Å². The lowest BCUT2D eigenvalue weighted by molar-refractivity contribution is -0.115. The van der Waals surface area contributed by atoms with Crippen LogP contribution in [-0.2, 0) is 11.2 Å². The molecule has 1 amide bonds. The molecule has 3 aromatic carbocycles. The fourth-order valence-corrected chi connectivity index (χ4v) is 4.73. The molecule has 5 rings (SSSR count). The largest absolute Gasteiger partial charge is 0.507 e. The number of benzene rings is 3. The molecule has 0 atom stereocenters. The predicted octanol–water partition coefficient (Wildman–Crippen LogP) is 5.12. The van der Waals surface area contributed by atoms with Crippen molar-refractivity contribution in [2.45, 2.75) is 6.42 Å². The summed E-state index contributed by atoms with van der Waals surface area (Å²) in [5.74, 6) is 1.43. The highest BCUT2D eigenvalue weighted by Crippen LogP contribution is 2.34. The van der Waals surface area contributed by atoms with E-state index in [1.807, 2.05) is 58.4 Å². The van der Waals surface area contributed by atoms with Crippen LogP contribution in [0.1, 0.15) is 5.69 Å². The third-order valence-electron chi connectivity index (χ3n) is 5.48. The molecule has 2 aromatic heterocycles. The van der Waals surface area contributed by atoms with Gasteiger partial charge in [-0.25, -0.2) is 4.98 Å². The van der Waals surface area contributed by atoms with E-state index in [1.165, 1.54) is 11.3 Å². The number of aromatic hydroxyl groups is 1. The molecule has 166 valence electrons. The molecule has 0 aliphatic heterocycles. The molecule has 0 radical (unpaired) electrons. The van der Waals surface area contributed by atoms with Crippen LogP contribution in [0.25, 0.3) is 27.0 Å². The van der Waals surface area contributed by atoms with Gasteiger partial charge in [0.15, 0.2) is 4.96 Å². The van der Waals surface area contributed by atoms with Gasteiger partial charge in [-0.3, -0.25) is 9.20 Å². The lowest BCUT2D eigenvalue weighted by atomic mass is 10.1. The highest BCUT2D eigenvalue weighted by atomic mass is 32.1. The number of phenols is 1. The fourth-order valence-electron chi connectivity index (χ4n) is 3.86. The highest BCUT2D eigenvalue weighted by Gasteiger charge is 2.16. The molecule has 0 fully saturated rings. The molecular weight excluding hydrogens is 438 g/mol. The predicted molar refractivity (Wildman–Crippen MR) is 130 cm³/mol. The van der Waals surface area contributed by atoms with Crippen molar-refractivity contribution in [2.75, 3.05) is 19.5 Å². The molecule has 0 aliphatic carbocycles. The van der Waals surface area contributed by atoms with Crippen LogP contribution in [0.2, 0.25) is 0 Å². The third kappa shape index (κ3) is 3.85. The Morgan fingerprint density at radius 1 is 1.09 bits per heavy atom. The SMILES string of the molecule is COc1ccc(OC)c(-c2cn3c(CC(=O)Nc4cccc5c(O)cccc45)csc3n2)c1. The Balaban J connectivity index is 1.43. The Morgan fingerprint density at radius 3 is 2.73 bits per heavy atom. The number of carbonyl (C=O) groups excluding carboxylic acids is 1. The highest BCUT2D eigenvalue weighted by molar-refractivity contribution is 7.15. The number of nitrogens with one attached hydrogen (secondary N) is 1. The number of phenolic OH excluding ortho intramolecular Hbond substituents is 1. The first-order valence-electron chi connectivity index (χ1n) is 10.3. The number of fused-ring (bicyclic) bond motifs is 2. The van der Waals surface area contributed by atoms with Crippen LogP contribution in [0.15, 0.2) is 66.2 Å². The van der Waals surface area contributed by atoms with Gasteiger partial charge < -0.3 is 19.9 Å². The number of rotatable bonds is 6. The standard InChI is InChI=1S/C25H21N3O4S/c1-31-16-9-10-23(32-2)19(12-16)21-13-28-15(14-33-25(28)27-21)11-24(30)26-20-7-3-6-18-17(20)5-4-8-22(18)29/h3-10,12-14,29H,11H2,1-2H3,(H,26,30). The second-order valence-corrected chi connectivity index (χ2v) is 8.31. The fraction of sp³-hybridized carbons (Fsp3) is 0.120. The summed E-state index contributed by atoms with van der Waals surface area (Å²) < 4.78 is 12.8. The number of imidazole rings is 1. The van der Waals surface area contributed by atoms with Crippen LogP contribution < -0.4 is 14.8 Å². The zero-order valence-electron chi connectivity index (χ0n) is 18.0. The second-order valence-electron chi connectivity index (χ2n) is 7.47. The first-order chi connectivity index (χ1) is 16.1. The minimum atomic E-state index is -0.153. The topological polar surface area (TPSA) is 85.1 Å². The van der Waals surface area contributed by atoms with Gasteiger partial charge in [0.25, 0.3) is 0 Å². The first-order valence-corrected chi connectivity index (χ1v) is 11.1. The average molecular weight is 460 g/mol. The molecule has 5 aromatic rings. The van der Waals surface area contributed by atoms with Gasteiger partial charge >= 0.3 is 0 Å². The number of nitrogens with zero attached hydrogens (tertiary/aromatic N) is 2. The van der Waals surface area contributed by atoms with Crippen molar-refractivity contribution in [3.63, 3.8) is 0 Å². The lowest BCUT2D eigenvalue weighted by Gasteiger charge is -2.09. The van der Waals surface area contributed by atoms with Gasteiger partial charge in [-0.1, -0.05) is 24.3 Å². The van der Waals surface area contributed by atoms with Crippen molar-refractivity contribution >= 4 is 38.7 Å². The van der Waals surface area contributed by atoms with Crippen molar-refractivity contribution in [1.82, 2.24) is 9.38 Å². The molecule has 0 unspecified atom stereocenters.